The van der Waals surface area contributed by atoms with Gasteiger partial charge in [0.25, 0.3) is 0 Å². The van der Waals surface area contributed by atoms with Crippen LogP contribution in [0.4, 0.5) is 5.69 Å². The molecule has 1 atom stereocenters. The van der Waals surface area contributed by atoms with Crippen molar-refractivity contribution < 1.29 is 14.3 Å². The van der Waals surface area contributed by atoms with Crippen LogP contribution >= 0.6 is 0 Å². The first-order valence-corrected chi connectivity index (χ1v) is 7.63. The summed E-state index contributed by atoms with van der Waals surface area (Å²) < 4.78 is 5.20. The van der Waals surface area contributed by atoms with Crippen LogP contribution in [0.1, 0.15) is 6.42 Å². The smallest absolute Gasteiger partial charge is 0.228 e. The molecule has 0 unspecified atom stereocenters. The van der Waals surface area contributed by atoms with Crippen molar-refractivity contribution in [2.75, 3.05) is 44.7 Å². The lowest BCUT2D eigenvalue weighted by Crippen LogP contribution is -2.48. The third-order valence-electron chi connectivity index (χ3n) is 4.27. The van der Waals surface area contributed by atoms with Crippen LogP contribution in [0, 0.1) is 5.92 Å². The van der Waals surface area contributed by atoms with Crippen molar-refractivity contribution in [1.29, 1.82) is 0 Å². The third-order valence-corrected chi connectivity index (χ3v) is 4.27. The van der Waals surface area contributed by atoms with Gasteiger partial charge >= 0.3 is 0 Å². The molecule has 2 amide bonds. The highest BCUT2D eigenvalue weighted by molar-refractivity contribution is 6.00. The molecule has 6 nitrogen and oxygen atoms in total. The number of carbonyl (C=O) groups excluding carboxylic acids is 2. The van der Waals surface area contributed by atoms with E-state index in [2.05, 4.69) is 5.32 Å². The Bertz CT molecular complexity index is 570. The number of methoxy groups -OCH3 is 1. The van der Waals surface area contributed by atoms with E-state index in [9.17, 15) is 9.59 Å². The molecular formula is C16H21N3O3. The molecule has 2 heterocycles. The summed E-state index contributed by atoms with van der Waals surface area (Å²) in [6.45, 7) is 3.55. The summed E-state index contributed by atoms with van der Waals surface area (Å²) in [5, 5.41) is 3.23. The van der Waals surface area contributed by atoms with E-state index in [0.29, 0.717) is 18.7 Å². The highest BCUT2D eigenvalue weighted by Crippen LogP contribution is 2.28. The first-order chi connectivity index (χ1) is 10.7. The van der Waals surface area contributed by atoms with Crippen molar-refractivity contribution in [3.8, 4) is 5.75 Å². The zero-order valence-corrected chi connectivity index (χ0v) is 12.7. The third kappa shape index (κ3) is 2.92. The van der Waals surface area contributed by atoms with E-state index in [1.54, 1.807) is 12.0 Å². The Hall–Kier alpha value is -2.08. The number of nitrogens with one attached hydrogen (secondary N) is 1. The predicted octanol–water partition coefficient (Wildman–Crippen LogP) is 0.480. The molecule has 2 aliphatic heterocycles. The highest BCUT2D eigenvalue weighted by Gasteiger charge is 2.37. The van der Waals surface area contributed by atoms with Crippen LogP contribution in [0.3, 0.4) is 0 Å². The molecule has 22 heavy (non-hydrogen) atoms. The second-order valence-electron chi connectivity index (χ2n) is 5.68. The molecule has 1 aromatic carbocycles. The summed E-state index contributed by atoms with van der Waals surface area (Å²) in [4.78, 5) is 28.4. The van der Waals surface area contributed by atoms with Crippen molar-refractivity contribution >= 4 is 17.5 Å². The Balaban J connectivity index is 1.71. The minimum absolute atomic E-state index is 0.00161. The van der Waals surface area contributed by atoms with E-state index in [-0.39, 0.29) is 17.7 Å². The van der Waals surface area contributed by atoms with E-state index < -0.39 is 0 Å². The predicted molar refractivity (Wildman–Crippen MR) is 82.9 cm³/mol. The van der Waals surface area contributed by atoms with Gasteiger partial charge in [0.1, 0.15) is 5.75 Å². The van der Waals surface area contributed by atoms with Gasteiger partial charge in [-0.3, -0.25) is 9.59 Å². The van der Waals surface area contributed by atoms with Crippen molar-refractivity contribution in [3.05, 3.63) is 24.3 Å². The average molecular weight is 303 g/mol. The molecule has 2 saturated heterocycles. The maximum Gasteiger partial charge on any atom is 0.228 e. The second kappa shape index (κ2) is 6.36. The van der Waals surface area contributed by atoms with E-state index in [0.717, 1.165) is 31.9 Å². The summed E-state index contributed by atoms with van der Waals surface area (Å²) in [7, 11) is 1.60. The van der Waals surface area contributed by atoms with Crippen LogP contribution in [0.2, 0.25) is 0 Å². The largest absolute Gasteiger partial charge is 0.497 e. The molecule has 3 rings (SSSR count). The summed E-state index contributed by atoms with van der Waals surface area (Å²) in [6, 6.07) is 7.40. The van der Waals surface area contributed by atoms with E-state index in [1.165, 1.54) is 0 Å². The number of benzene rings is 1. The number of carbonyl (C=O) groups is 2. The van der Waals surface area contributed by atoms with Crippen LogP contribution in [-0.2, 0) is 9.59 Å². The highest BCUT2D eigenvalue weighted by atomic mass is 16.5. The normalized spacial score (nSPS) is 22.0. The van der Waals surface area contributed by atoms with Crippen LogP contribution in [0.25, 0.3) is 0 Å². The van der Waals surface area contributed by atoms with Crippen molar-refractivity contribution in [1.82, 2.24) is 10.2 Å². The Kier molecular flexibility index (Phi) is 4.29. The number of ether oxygens (including phenoxy) is 1. The number of nitrogens with zero attached hydrogens (tertiary/aromatic N) is 2. The van der Waals surface area contributed by atoms with Crippen molar-refractivity contribution in [2.45, 2.75) is 6.42 Å². The monoisotopic (exact) mass is 303 g/mol. The van der Waals surface area contributed by atoms with Gasteiger partial charge in [0, 0.05) is 50.9 Å². The first kappa shape index (κ1) is 14.8. The molecule has 0 aromatic heterocycles. The Labute approximate surface area is 130 Å². The number of piperazine rings is 1. The van der Waals surface area contributed by atoms with Gasteiger partial charge in [0.2, 0.25) is 11.8 Å². The van der Waals surface area contributed by atoms with Crippen LogP contribution in [0.15, 0.2) is 24.3 Å². The van der Waals surface area contributed by atoms with Gasteiger partial charge < -0.3 is 19.9 Å². The molecule has 0 aliphatic carbocycles. The summed E-state index contributed by atoms with van der Waals surface area (Å²) in [6.07, 6.45) is 0.292. The first-order valence-electron chi connectivity index (χ1n) is 7.63. The minimum atomic E-state index is -0.239. The summed E-state index contributed by atoms with van der Waals surface area (Å²) in [5.74, 6) is 0.570. The van der Waals surface area contributed by atoms with E-state index in [4.69, 9.17) is 4.74 Å². The molecule has 0 bridgehead atoms. The van der Waals surface area contributed by atoms with Gasteiger partial charge in [0.15, 0.2) is 0 Å². The molecule has 118 valence electrons. The Morgan fingerprint density at radius 1 is 1.32 bits per heavy atom. The molecule has 0 spiro atoms. The van der Waals surface area contributed by atoms with Crippen molar-refractivity contribution in [3.63, 3.8) is 0 Å². The number of anilines is 1. The molecule has 0 saturated carbocycles. The fourth-order valence-electron chi connectivity index (χ4n) is 3.04. The van der Waals surface area contributed by atoms with Gasteiger partial charge in [-0.2, -0.15) is 0 Å². The van der Waals surface area contributed by atoms with Crippen molar-refractivity contribution in [2.24, 2.45) is 5.92 Å². The summed E-state index contributed by atoms with van der Waals surface area (Å²) >= 11 is 0. The summed E-state index contributed by atoms with van der Waals surface area (Å²) in [5.41, 5.74) is 0.792. The van der Waals surface area contributed by atoms with Gasteiger partial charge in [-0.25, -0.2) is 0 Å². The molecular weight excluding hydrogens is 282 g/mol. The number of hydrogen-bond donors (Lipinski definition) is 1. The number of rotatable bonds is 3. The Morgan fingerprint density at radius 3 is 2.82 bits per heavy atom. The topological polar surface area (TPSA) is 61.9 Å². The maximum atomic E-state index is 12.5. The second-order valence-corrected chi connectivity index (χ2v) is 5.68. The van der Waals surface area contributed by atoms with E-state index >= 15 is 0 Å². The molecule has 0 radical (unpaired) electrons. The average Bonchev–Trinajstić information content (AvgIpc) is 2.97. The van der Waals surface area contributed by atoms with Crippen LogP contribution in [0.5, 0.6) is 5.75 Å². The number of hydrogen-bond acceptors (Lipinski definition) is 4. The fourth-order valence-corrected chi connectivity index (χ4v) is 3.04. The van der Waals surface area contributed by atoms with Gasteiger partial charge in [0.05, 0.1) is 13.0 Å². The van der Waals surface area contributed by atoms with E-state index in [1.807, 2.05) is 29.2 Å². The van der Waals surface area contributed by atoms with Gasteiger partial charge in [-0.05, 0) is 12.1 Å². The molecule has 1 aromatic rings. The molecule has 6 heteroatoms. The lowest BCUT2D eigenvalue weighted by Gasteiger charge is -2.29. The van der Waals surface area contributed by atoms with Gasteiger partial charge in [-0.15, -0.1) is 0 Å². The van der Waals surface area contributed by atoms with Crippen LogP contribution < -0.4 is 15.0 Å². The zero-order valence-electron chi connectivity index (χ0n) is 12.7. The lowest BCUT2D eigenvalue weighted by atomic mass is 10.1. The lowest BCUT2D eigenvalue weighted by molar-refractivity contribution is -0.136. The SMILES string of the molecule is COc1cccc(N2C[C@@H](C(=O)N3CCNCC3)CC2=O)c1. The van der Waals surface area contributed by atoms with Gasteiger partial charge in [-0.1, -0.05) is 6.07 Å². The fraction of sp³-hybridized carbons (Fsp3) is 0.500. The maximum absolute atomic E-state index is 12.5. The molecule has 2 aliphatic rings. The zero-order chi connectivity index (χ0) is 15.5. The quantitative estimate of drug-likeness (QED) is 0.882. The molecule has 1 N–H and O–H groups in total. The standard InChI is InChI=1S/C16H21N3O3/c1-22-14-4-2-3-13(10-14)19-11-12(9-15(19)20)16(21)18-7-5-17-6-8-18/h2-4,10,12,17H,5-9,11H2,1H3/t12-/m0/s1. The minimum Gasteiger partial charge on any atom is -0.497 e. The van der Waals surface area contributed by atoms with Crippen LogP contribution in [-0.4, -0.2) is 56.5 Å². The Morgan fingerprint density at radius 2 is 2.09 bits per heavy atom. The molecule has 2 fully saturated rings. The number of amides is 2.